The Bertz CT molecular complexity index is 2460. The van der Waals surface area contributed by atoms with Crippen LogP contribution < -0.4 is 18.9 Å². The number of aryl methyl sites for hydroxylation is 1. The minimum absolute atomic E-state index is 0.146. The van der Waals surface area contributed by atoms with Crippen molar-refractivity contribution in [2.24, 2.45) is 10.8 Å². The van der Waals surface area contributed by atoms with Crippen LogP contribution in [-0.4, -0.2) is 21.3 Å². The second-order valence-corrected chi connectivity index (χ2v) is 19.0. The molecule has 6 aromatic carbocycles. The Morgan fingerprint density at radius 3 is 1.95 bits per heavy atom. The van der Waals surface area contributed by atoms with Gasteiger partial charge in [-0.1, -0.05) is 118 Å². The highest BCUT2D eigenvalue weighted by Gasteiger charge is 2.56. The van der Waals surface area contributed by atoms with E-state index in [-0.39, 0.29) is 16.2 Å². The number of benzene rings is 6. The van der Waals surface area contributed by atoms with Gasteiger partial charge in [-0.25, -0.2) is 0 Å². The van der Waals surface area contributed by atoms with Gasteiger partial charge in [0.15, 0.2) is 5.60 Å². The van der Waals surface area contributed by atoms with Crippen LogP contribution in [0.4, 0.5) is 0 Å². The predicted octanol–water partition coefficient (Wildman–Crippen LogP) is 13.1. The minimum atomic E-state index is -0.712. The van der Waals surface area contributed by atoms with Gasteiger partial charge in [0.05, 0.1) is 31.1 Å². The molecule has 6 aromatic rings. The Kier molecular flexibility index (Phi) is 8.77. The Labute approximate surface area is 336 Å². The van der Waals surface area contributed by atoms with Gasteiger partial charge in [-0.15, -0.1) is 0 Å². The molecule has 1 atom stereocenters. The maximum Gasteiger partial charge on any atom is 0.159 e. The van der Waals surface area contributed by atoms with E-state index in [1.165, 1.54) is 45.2 Å². The second kappa shape index (κ2) is 13.4. The molecule has 0 saturated heterocycles. The van der Waals surface area contributed by atoms with Gasteiger partial charge in [-0.2, -0.15) is 0 Å². The number of para-hydroxylation sites is 1. The van der Waals surface area contributed by atoms with Crippen LogP contribution in [0.5, 0.6) is 23.0 Å². The average molecular weight is 761 g/mol. The highest BCUT2D eigenvalue weighted by Crippen LogP contribution is 2.67. The van der Waals surface area contributed by atoms with Crippen molar-refractivity contribution in [1.82, 2.24) is 0 Å². The van der Waals surface area contributed by atoms with Crippen LogP contribution in [-0.2, 0) is 17.4 Å². The van der Waals surface area contributed by atoms with Crippen molar-refractivity contribution < 1.29 is 18.9 Å². The summed E-state index contributed by atoms with van der Waals surface area (Å²) in [7, 11) is 5.24. The smallest absolute Gasteiger partial charge is 0.159 e. The summed E-state index contributed by atoms with van der Waals surface area (Å²) in [6.07, 6.45) is 5.06. The van der Waals surface area contributed by atoms with Crippen molar-refractivity contribution in [2.75, 3.05) is 21.3 Å². The van der Waals surface area contributed by atoms with E-state index in [0.717, 1.165) is 75.0 Å². The van der Waals surface area contributed by atoms with Gasteiger partial charge < -0.3 is 18.9 Å². The van der Waals surface area contributed by atoms with Crippen LogP contribution in [0.3, 0.4) is 0 Å². The van der Waals surface area contributed by atoms with Crippen molar-refractivity contribution >= 4 is 22.5 Å². The summed E-state index contributed by atoms with van der Waals surface area (Å²) in [5.74, 6) is 3.47. The van der Waals surface area contributed by atoms with E-state index in [9.17, 15) is 0 Å². The quantitative estimate of drug-likeness (QED) is 0.162. The van der Waals surface area contributed by atoms with Gasteiger partial charge in [0.2, 0.25) is 0 Å². The molecule has 0 bridgehead atoms. The van der Waals surface area contributed by atoms with E-state index in [1.807, 2.05) is 12.1 Å². The summed E-state index contributed by atoms with van der Waals surface area (Å²) in [4.78, 5) is 2.09. The normalized spacial score (nSPS) is 19.8. The van der Waals surface area contributed by atoms with Crippen LogP contribution in [0.25, 0.3) is 21.9 Å². The highest BCUT2D eigenvalue weighted by atomic mass is 32.2. The van der Waals surface area contributed by atoms with Crippen molar-refractivity contribution in [1.29, 1.82) is 0 Å². The molecular formula is C51H52O4S. The zero-order valence-electron chi connectivity index (χ0n) is 34.0. The first kappa shape index (κ1) is 36.7. The molecule has 4 nitrogen and oxygen atoms in total. The molecule has 1 aliphatic heterocycles. The molecule has 9 rings (SSSR count). The lowest BCUT2D eigenvalue weighted by Crippen LogP contribution is -2.45. The molecule has 0 radical (unpaired) electrons. The van der Waals surface area contributed by atoms with Crippen LogP contribution in [0.15, 0.2) is 119 Å². The first-order valence-corrected chi connectivity index (χ1v) is 20.8. The molecule has 1 spiro atoms. The fourth-order valence-corrected chi connectivity index (χ4v) is 12.3. The summed E-state index contributed by atoms with van der Waals surface area (Å²) in [5, 5.41) is 2.29. The molecule has 1 fully saturated rings. The first-order chi connectivity index (χ1) is 26.9. The molecule has 2 aliphatic carbocycles. The van der Waals surface area contributed by atoms with Crippen LogP contribution in [0, 0.1) is 17.8 Å². The van der Waals surface area contributed by atoms with E-state index < -0.39 is 5.60 Å². The molecule has 1 heterocycles. The molecule has 3 aliphatic rings. The number of ether oxygens (including phenoxy) is 4. The van der Waals surface area contributed by atoms with Gasteiger partial charge in [-0.05, 0) is 125 Å². The van der Waals surface area contributed by atoms with Gasteiger partial charge in [0, 0.05) is 16.4 Å². The largest absolute Gasteiger partial charge is 0.497 e. The van der Waals surface area contributed by atoms with Crippen molar-refractivity contribution in [3.63, 3.8) is 0 Å². The molecule has 286 valence electrons. The predicted molar refractivity (Wildman–Crippen MR) is 229 cm³/mol. The van der Waals surface area contributed by atoms with Crippen LogP contribution in [0.1, 0.15) is 86.8 Å². The van der Waals surface area contributed by atoms with Gasteiger partial charge in [0.1, 0.15) is 23.0 Å². The number of fused-ring (bicyclic) bond motifs is 10. The number of hydrogen-bond acceptors (Lipinski definition) is 5. The van der Waals surface area contributed by atoms with E-state index in [1.54, 1.807) is 33.1 Å². The summed E-state index contributed by atoms with van der Waals surface area (Å²) in [5.41, 5.74) is 9.94. The van der Waals surface area contributed by atoms with Gasteiger partial charge in [0.25, 0.3) is 0 Å². The maximum absolute atomic E-state index is 7.85. The molecule has 5 heteroatoms. The first-order valence-electron chi connectivity index (χ1n) is 19.9. The number of hydrogen-bond donors (Lipinski definition) is 0. The van der Waals surface area contributed by atoms with E-state index in [4.69, 9.17) is 18.9 Å². The van der Waals surface area contributed by atoms with Crippen LogP contribution in [0.2, 0.25) is 0 Å². The third-order valence-corrected chi connectivity index (χ3v) is 13.8. The Balaban J connectivity index is 1.37. The zero-order valence-corrected chi connectivity index (χ0v) is 34.8. The summed E-state index contributed by atoms with van der Waals surface area (Å²) in [6.45, 7) is 12.1. The second-order valence-electron chi connectivity index (χ2n) is 17.9. The maximum atomic E-state index is 7.85. The third-order valence-electron chi connectivity index (χ3n) is 12.7. The molecule has 0 N–H and O–H groups in total. The van der Waals surface area contributed by atoms with Crippen molar-refractivity contribution in [3.8, 4) is 34.1 Å². The van der Waals surface area contributed by atoms with Gasteiger partial charge >= 0.3 is 0 Å². The summed E-state index contributed by atoms with van der Waals surface area (Å²) >= 11 is 1.69. The molecule has 0 amide bonds. The molecule has 1 saturated carbocycles. The number of rotatable bonds is 7. The van der Waals surface area contributed by atoms with Crippen molar-refractivity contribution in [2.45, 2.75) is 87.5 Å². The SMILES string of the molecule is COc1ccc(C2(c3ccc(C)cc3)CCc3c4c(c5cc(Sc6ccccc6OC)c(OC)cc5c3O2)-c2ccccc2C42CC(C)(C)CC(C)(C)C2)cc1. The Morgan fingerprint density at radius 2 is 1.27 bits per heavy atom. The lowest BCUT2D eigenvalue weighted by atomic mass is 9.52. The fraction of sp³-hybridized carbons (Fsp3) is 0.333. The van der Waals surface area contributed by atoms with E-state index in [2.05, 4.69) is 132 Å². The fourth-order valence-electron chi connectivity index (χ4n) is 11.3. The highest BCUT2D eigenvalue weighted by molar-refractivity contribution is 7.99. The van der Waals surface area contributed by atoms with Gasteiger partial charge in [-0.3, -0.25) is 0 Å². The third kappa shape index (κ3) is 5.80. The summed E-state index contributed by atoms with van der Waals surface area (Å²) < 4.78 is 25.6. The van der Waals surface area contributed by atoms with Crippen molar-refractivity contribution in [3.05, 3.63) is 143 Å². The van der Waals surface area contributed by atoms with E-state index >= 15 is 0 Å². The lowest BCUT2D eigenvalue weighted by Gasteiger charge is -2.52. The number of methoxy groups -OCH3 is 3. The lowest BCUT2D eigenvalue weighted by molar-refractivity contribution is 0.0611. The minimum Gasteiger partial charge on any atom is -0.497 e. The Hall–Kier alpha value is -4.87. The average Bonchev–Trinajstić information content (AvgIpc) is 3.45. The molecular weight excluding hydrogens is 709 g/mol. The molecule has 0 aromatic heterocycles. The zero-order chi connectivity index (χ0) is 39.0. The Morgan fingerprint density at radius 1 is 0.625 bits per heavy atom. The standard InChI is InChI=1S/C51H52O4S/c1-32-17-19-33(20-18-32)51(34-21-23-35(52-6)24-22-34)26-25-37-46-45(36-13-9-10-14-40(36)50(46)30-48(2,3)29-49(4,5)31-50)38-28-44(42(54-8)27-39(38)47(37)55-51)56-43-16-12-11-15-41(43)53-7/h9-24,27-28H,25-26,29-31H2,1-8H3. The monoisotopic (exact) mass is 760 g/mol. The topological polar surface area (TPSA) is 36.9 Å². The molecule has 56 heavy (non-hydrogen) atoms. The van der Waals surface area contributed by atoms with Crippen LogP contribution >= 0.6 is 11.8 Å². The van der Waals surface area contributed by atoms with E-state index in [0.29, 0.717) is 0 Å². The molecule has 1 unspecified atom stereocenters. The summed E-state index contributed by atoms with van der Waals surface area (Å²) in [6, 6.07) is 39.6.